The Hall–Kier alpha value is -2.65. The van der Waals surface area contributed by atoms with Crippen molar-refractivity contribution in [2.24, 2.45) is 7.05 Å². The molecule has 3 rings (SSSR count). The molecule has 0 radical (unpaired) electrons. The maximum Gasteiger partial charge on any atom is 0.181 e. The van der Waals surface area contributed by atoms with Crippen LogP contribution in [-0.4, -0.2) is 9.67 Å². The van der Waals surface area contributed by atoms with Crippen LogP contribution in [0, 0.1) is 0 Å². The summed E-state index contributed by atoms with van der Waals surface area (Å²) in [6, 6.07) is 21.8. The standard InChI is InChI=1S/C19H17NO2/c1-20-13-12-17(21)14-18(20)19(22,15-8-4-2-5-9-15)16-10-6-3-7-11-16/h2-14,22H,1H3. The molecule has 1 aromatic heterocycles. The van der Waals surface area contributed by atoms with Gasteiger partial charge < -0.3 is 9.67 Å². The van der Waals surface area contributed by atoms with E-state index in [0.29, 0.717) is 5.69 Å². The number of aryl methyl sites for hydroxylation is 1. The number of rotatable bonds is 3. The fraction of sp³-hybridized carbons (Fsp3) is 0.105. The van der Waals surface area contributed by atoms with E-state index in [1.54, 1.807) is 10.8 Å². The SMILES string of the molecule is Cn1ccc(=O)cc1C(O)(c1ccccc1)c1ccccc1. The lowest BCUT2D eigenvalue weighted by molar-refractivity contribution is 0.116. The zero-order chi connectivity index (χ0) is 15.6. The van der Waals surface area contributed by atoms with Crippen molar-refractivity contribution in [3.05, 3.63) is 106 Å². The molecule has 0 fully saturated rings. The second kappa shape index (κ2) is 5.62. The Morgan fingerprint density at radius 1 is 0.864 bits per heavy atom. The van der Waals surface area contributed by atoms with Gasteiger partial charge in [0.05, 0.1) is 5.69 Å². The van der Waals surface area contributed by atoms with Gasteiger partial charge in [0.2, 0.25) is 0 Å². The Morgan fingerprint density at radius 3 is 1.86 bits per heavy atom. The highest BCUT2D eigenvalue weighted by Gasteiger charge is 2.35. The maximum atomic E-state index is 11.8. The van der Waals surface area contributed by atoms with Gasteiger partial charge in [-0.15, -0.1) is 0 Å². The van der Waals surface area contributed by atoms with Gasteiger partial charge in [-0.05, 0) is 11.1 Å². The molecular weight excluding hydrogens is 274 g/mol. The molecule has 22 heavy (non-hydrogen) atoms. The van der Waals surface area contributed by atoms with Gasteiger partial charge in [-0.25, -0.2) is 0 Å². The van der Waals surface area contributed by atoms with Gasteiger partial charge in [-0.1, -0.05) is 60.7 Å². The van der Waals surface area contributed by atoms with E-state index in [4.69, 9.17) is 0 Å². The molecule has 0 spiro atoms. The normalized spacial score (nSPS) is 11.4. The Balaban J connectivity index is 2.33. The van der Waals surface area contributed by atoms with Gasteiger partial charge >= 0.3 is 0 Å². The predicted molar refractivity (Wildman–Crippen MR) is 86.7 cm³/mol. The number of hydrogen-bond acceptors (Lipinski definition) is 2. The zero-order valence-corrected chi connectivity index (χ0v) is 12.3. The summed E-state index contributed by atoms with van der Waals surface area (Å²) in [6.45, 7) is 0. The molecule has 0 saturated carbocycles. The summed E-state index contributed by atoms with van der Waals surface area (Å²) in [5, 5.41) is 11.6. The lowest BCUT2D eigenvalue weighted by Crippen LogP contribution is -2.33. The van der Waals surface area contributed by atoms with Gasteiger partial charge in [-0.2, -0.15) is 0 Å². The lowest BCUT2D eigenvalue weighted by atomic mass is 9.83. The monoisotopic (exact) mass is 291 g/mol. The van der Waals surface area contributed by atoms with Crippen molar-refractivity contribution in [1.29, 1.82) is 0 Å². The second-order valence-electron chi connectivity index (χ2n) is 5.30. The van der Waals surface area contributed by atoms with Crippen LogP contribution in [0.1, 0.15) is 16.8 Å². The molecule has 0 amide bonds. The van der Waals surface area contributed by atoms with Crippen LogP contribution in [0.15, 0.2) is 83.8 Å². The average molecular weight is 291 g/mol. The molecule has 0 aliphatic heterocycles. The molecule has 3 aromatic rings. The molecule has 1 heterocycles. The minimum Gasteiger partial charge on any atom is -0.375 e. The van der Waals surface area contributed by atoms with E-state index in [9.17, 15) is 9.90 Å². The van der Waals surface area contributed by atoms with Crippen LogP contribution in [0.2, 0.25) is 0 Å². The number of aliphatic hydroxyl groups is 1. The third-order valence-corrected chi connectivity index (χ3v) is 3.88. The average Bonchev–Trinajstić information content (AvgIpc) is 2.58. The number of aromatic nitrogens is 1. The Bertz CT molecular complexity index is 783. The van der Waals surface area contributed by atoms with E-state index < -0.39 is 5.60 Å². The van der Waals surface area contributed by atoms with Crippen molar-refractivity contribution < 1.29 is 5.11 Å². The summed E-state index contributed by atoms with van der Waals surface area (Å²) in [6.07, 6.45) is 1.68. The highest BCUT2D eigenvalue weighted by molar-refractivity contribution is 5.44. The van der Waals surface area contributed by atoms with Crippen LogP contribution >= 0.6 is 0 Å². The summed E-state index contributed by atoms with van der Waals surface area (Å²) < 4.78 is 1.78. The van der Waals surface area contributed by atoms with Gasteiger partial charge in [0.25, 0.3) is 0 Å². The summed E-state index contributed by atoms with van der Waals surface area (Å²) >= 11 is 0. The molecule has 1 N–H and O–H groups in total. The smallest absolute Gasteiger partial charge is 0.181 e. The molecule has 3 nitrogen and oxygen atoms in total. The third kappa shape index (κ3) is 2.36. The number of nitrogens with zero attached hydrogens (tertiary/aromatic N) is 1. The van der Waals surface area contributed by atoms with Gasteiger partial charge in [0.1, 0.15) is 0 Å². The summed E-state index contributed by atoms with van der Waals surface area (Å²) in [5.74, 6) is 0. The van der Waals surface area contributed by atoms with Crippen LogP contribution in [-0.2, 0) is 12.6 Å². The largest absolute Gasteiger partial charge is 0.375 e. The highest BCUT2D eigenvalue weighted by atomic mass is 16.3. The number of hydrogen-bond donors (Lipinski definition) is 1. The van der Waals surface area contributed by atoms with E-state index in [0.717, 1.165) is 11.1 Å². The molecular formula is C19H17NO2. The van der Waals surface area contributed by atoms with E-state index >= 15 is 0 Å². The first-order chi connectivity index (χ1) is 10.6. The van der Waals surface area contributed by atoms with E-state index in [-0.39, 0.29) is 5.43 Å². The van der Waals surface area contributed by atoms with Gasteiger partial charge in [0.15, 0.2) is 11.0 Å². The topological polar surface area (TPSA) is 42.2 Å². The van der Waals surface area contributed by atoms with Crippen LogP contribution in [0.3, 0.4) is 0 Å². The molecule has 0 aliphatic carbocycles. The quantitative estimate of drug-likeness (QED) is 0.806. The zero-order valence-electron chi connectivity index (χ0n) is 12.3. The second-order valence-corrected chi connectivity index (χ2v) is 5.30. The third-order valence-electron chi connectivity index (χ3n) is 3.88. The molecule has 0 bridgehead atoms. The fourth-order valence-electron chi connectivity index (χ4n) is 2.73. The van der Waals surface area contributed by atoms with E-state index in [2.05, 4.69) is 0 Å². The molecule has 3 heteroatoms. The molecule has 0 saturated heterocycles. The van der Waals surface area contributed by atoms with Gasteiger partial charge in [-0.3, -0.25) is 4.79 Å². The Morgan fingerprint density at radius 2 is 1.36 bits per heavy atom. The first kappa shape index (κ1) is 14.3. The molecule has 0 unspecified atom stereocenters. The maximum absolute atomic E-state index is 11.8. The minimum atomic E-state index is -1.38. The van der Waals surface area contributed by atoms with E-state index in [1.165, 1.54) is 12.1 Å². The first-order valence-electron chi connectivity index (χ1n) is 7.13. The van der Waals surface area contributed by atoms with Crippen molar-refractivity contribution in [2.75, 3.05) is 0 Å². The predicted octanol–water partition coefficient (Wildman–Crippen LogP) is 2.67. The van der Waals surface area contributed by atoms with Crippen LogP contribution in [0.5, 0.6) is 0 Å². The summed E-state index contributed by atoms with van der Waals surface area (Å²) in [5.41, 5.74) is 0.484. The highest BCUT2D eigenvalue weighted by Crippen LogP contribution is 2.35. The molecule has 0 atom stereocenters. The Labute approximate surface area is 129 Å². The van der Waals surface area contributed by atoms with Crippen molar-refractivity contribution in [3.8, 4) is 0 Å². The minimum absolute atomic E-state index is 0.126. The summed E-state index contributed by atoms with van der Waals surface area (Å²) in [4.78, 5) is 11.8. The van der Waals surface area contributed by atoms with Crippen molar-refractivity contribution in [3.63, 3.8) is 0 Å². The molecule has 110 valence electrons. The van der Waals surface area contributed by atoms with Crippen LogP contribution in [0.4, 0.5) is 0 Å². The van der Waals surface area contributed by atoms with Gasteiger partial charge in [0, 0.05) is 25.4 Å². The van der Waals surface area contributed by atoms with Crippen LogP contribution in [0.25, 0.3) is 0 Å². The van der Waals surface area contributed by atoms with Crippen molar-refractivity contribution in [2.45, 2.75) is 5.60 Å². The van der Waals surface area contributed by atoms with Crippen LogP contribution < -0.4 is 5.43 Å². The van der Waals surface area contributed by atoms with Crippen molar-refractivity contribution >= 4 is 0 Å². The van der Waals surface area contributed by atoms with E-state index in [1.807, 2.05) is 67.7 Å². The summed E-state index contributed by atoms with van der Waals surface area (Å²) in [7, 11) is 1.83. The fourth-order valence-corrected chi connectivity index (χ4v) is 2.73. The lowest BCUT2D eigenvalue weighted by Gasteiger charge is -2.31. The van der Waals surface area contributed by atoms with Crippen molar-refractivity contribution in [1.82, 2.24) is 4.57 Å². The molecule has 2 aromatic carbocycles. The Kier molecular flexibility index (Phi) is 3.65. The number of benzene rings is 2. The first-order valence-corrected chi connectivity index (χ1v) is 7.13. The molecule has 0 aliphatic rings. The number of pyridine rings is 1.